The van der Waals surface area contributed by atoms with E-state index in [2.05, 4.69) is 22.6 Å². The van der Waals surface area contributed by atoms with Crippen molar-refractivity contribution in [3.8, 4) is 5.75 Å². The Morgan fingerprint density at radius 3 is 2.71 bits per heavy atom. The molecule has 2 rings (SSSR count). The Labute approximate surface area is 140 Å². The third-order valence-electron chi connectivity index (χ3n) is 2.70. The summed E-state index contributed by atoms with van der Waals surface area (Å²) >= 11 is 7.37. The Morgan fingerprint density at radius 1 is 1.29 bits per heavy atom. The minimum Gasteiger partial charge on any atom is -0.488 e. The van der Waals surface area contributed by atoms with Crippen molar-refractivity contribution in [1.29, 1.82) is 0 Å². The highest BCUT2D eigenvalue weighted by Gasteiger charge is 2.05. The molecule has 0 unspecified atom stereocenters. The van der Waals surface area contributed by atoms with E-state index in [4.69, 9.17) is 16.3 Å². The summed E-state index contributed by atoms with van der Waals surface area (Å²) in [6.45, 7) is 0.165. The van der Waals surface area contributed by atoms with Crippen LogP contribution in [0.4, 0.5) is 4.39 Å². The van der Waals surface area contributed by atoms with Crippen LogP contribution in [0.15, 0.2) is 48.5 Å². The van der Waals surface area contributed by atoms with Gasteiger partial charge in [0.25, 0.3) is 0 Å². The van der Waals surface area contributed by atoms with Gasteiger partial charge in [0, 0.05) is 5.56 Å². The molecule has 0 radical (unpaired) electrons. The summed E-state index contributed by atoms with van der Waals surface area (Å²) in [5.74, 6) is 0.376. The van der Waals surface area contributed by atoms with Crippen molar-refractivity contribution >= 4 is 45.5 Å². The molecular formula is C16H11ClFIO2. The number of carbonyl (C=O) groups is 1. The zero-order valence-electron chi connectivity index (χ0n) is 10.9. The van der Waals surface area contributed by atoms with Gasteiger partial charge in [-0.05, 0) is 64.0 Å². The zero-order valence-corrected chi connectivity index (χ0v) is 13.8. The van der Waals surface area contributed by atoms with Gasteiger partial charge in [-0.15, -0.1) is 0 Å². The van der Waals surface area contributed by atoms with Gasteiger partial charge in [-0.2, -0.15) is 0 Å². The van der Waals surface area contributed by atoms with Crippen LogP contribution >= 0.6 is 34.2 Å². The molecule has 21 heavy (non-hydrogen) atoms. The third kappa shape index (κ3) is 4.82. The van der Waals surface area contributed by atoms with Crippen LogP contribution in [0.25, 0.3) is 6.08 Å². The molecule has 5 heteroatoms. The van der Waals surface area contributed by atoms with Gasteiger partial charge < -0.3 is 4.74 Å². The normalized spacial score (nSPS) is 10.8. The Balaban J connectivity index is 2.08. The molecule has 108 valence electrons. The fourth-order valence-corrected chi connectivity index (χ4v) is 2.43. The van der Waals surface area contributed by atoms with Crippen LogP contribution < -0.4 is 4.74 Å². The van der Waals surface area contributed by atoms with E-state index in [0.29, 0.717) is 11.3 Å². The number of allylic oxidation sites excluding steroid dienone is 1. The maximum absolute atomic E-state index is 13.5. The lowest BCUT2D eigenvalue weighted by Gasteiger charge is -2.09. The molecule has 2 aromatic rings. The number of ether oxygens (including phenoxy) is 1. The second-order valence-electron chi connectivity index (χ2n) is 4.21. The second kappa shape index (κ2) is 7.56. The van der Waals surface area contributed by atoms with Gasteiger partial charge in [0.15, 0.2) is 0 Å². The van der Waals surface area contributed by atoms with Crippen molar-refractivity contribution in [2.45, 2.75) is 6.61 Å². The smallest absolute Gasteiger partial charge is 0.245 e. The predicted molar refractivity (Wildman–Crippen MR) is 89.8 cm³/mol. The van der Waals surface area contributed by atoms with Gasteiger partial charge in [-0.1, -0.05) is 30.3 Å². The Kier molecular flexibility index (Phi) is 5.76. The summed E-state index contributed by atoms with van der Waals surface area (Å²) in [6.07, 6.45) is 2.91. The average molecular weight is 417 g/mol. The average Bonchev–Trinajstić information content (AvgIpc) is 2.45. The first kappa shape index (κ1) is 16.0. The Hall–Kier alpha value is -1.40. The van der Waals surface area contributed by atoms with Gasteiger partial charge in [0.05, 0.1) is 3.57 Å². The van der Waals surface area contributed by atoms with Gasteiger partial charge in [0.2, 0.25) is 5.24 Å². The molecule has 0 heterocycles. The molecule has 0 fully saturated rings. The number of carbonyl (C=O) groups excluding carboxylic acids is 1. The van der Waals surface area contributed by atoms with Crippen molar-refractivity contribution < 1.29 is 13.9 Å². The molecule has 0 atom stereocenters. The summed E-state index contributed by atoms with van der Waals surface area (Å²) in [6, 6.07) is 11.9. The minimum atomic E-state index is -0.523. The number of benzene rings is 2. The lowest BCUT2D eigenvalue weighted by Crippen LogP contribution is -1.99. The standard InChI is InChI=1S/C16H11ClFIO2/c17-16(20)8-6-11-5-7-15(14(19)9-11)21-10-12-3-1-2-4-13(12)18/h1-9H,10H2/b8-6+. The molecule has 0 aliphatic rings. The van der Waals surface area contributed by atoms with Crippen molar-refractivity contribution in [3.63, 3.8) is 0 Å². The van der Waals surface area contributed by atoms with E-state index >= 15 is 0 Å². The molecule has 0 amide bonds. The largest absolute Gasteiger partial charge is 0.488 e. The van der Waals surface area contributed by atoms with Crippen LogP contribution in [0.1, 0.15) is 11.1 Å². The van der Waals surface area contributed by atoms with E-state index in [0.717, 1.165) is 9.13 Å². The van der Waals surface area contributed by atoms with E-state index < -0.39 is 5.24 Å². The zero-order chi connectivity index (χ0) is 15.2. The topological polar surface area (TPSA) is 26.3 Å². The molecule has 2 aromatic carbocycles. The number of rotatable bonds is 5. The molecule has 0 spiro atoms. The predicted octanol–water partition coefficient (Wildman–Crippen LogP) is 4.79. The number of hydrogen-bond donors (Lipinski definition) is 0. The monoisotopic (exact) mass is 416 g/mol. The van der Waals surface area contributed by atoms with Gasteiger partial charge in [-0.25, -0.2) is 4.39 Å². The summed E-state index contributed by atoms with van der Waals surface area (Å²) in [5, 5.41) is -0.523. The molecule has 0 aliphatic carbocycles. The van der Waals surface area contributed by atoms with Gasteiger partial charge in [-0.3, -0.25) is 4.79 Å². The third-order valence-corrected chi connectivity index (χ3v) is 3.67. The second-order valence-corrected chi connectivity index (χ2v) is 5.74. The van der Waals surface area contributed by atoms with Gasteiger partial charge >= 0.3 is 0 Å². The van der Waals surface area contributed by atoms with E-state index in [1.165, 1.54) is 12.1 Å². The molecule has 0 aromatic heterocycles. The molecule has 0 aliphatic heterocycles. The lowest BCUT2D eigenvalue weighted by atomic mass is 10.2. The SMILES string of the molecule is O=C(Cl)/C=C/c1ccc(OCc2ccccc2F)c(I)c1. The van der Waals surface area contributed by atoms with Crippen LogP contribution in [0.2, 0.25) is 0 Å². The Bertz CT molecular complexity index is 686. The molecule has 0 N–H and O–H groups in total. The summed E-state index contributed by atoms with van der Waals surface area (Å²) in [7, 11) is 0. The van der Waals surface area contributed by atoms with Crippen molar-refractivity contribution in [2.75, 3.05) is 0 Å². The van der Waals surface area contributed by atoms with Gasteiger partial charge in [0.1, 0.15) is 18.2 Å². The highest BCUT2D eigenvalue weighted by Crippen LogP contribution is 2.24. The maximum Gasteiger partial charge on any atom is 0.245 e. The van der Waals surface area contributed by atoms with Crippen LogP contribution in [-0.2, 0) is 11.4 Å². The maximum atomic E-state index is 13.5. The highest BCUT2D eigenvalue weighted by molar-refractivity contribution is 14.1. The van der Waals surface area contributed by atoms with Crippen LogP contribution in [0.3, 0.4) is 0 Å². The lowest BCUT2D eigenvalue weighted by molar-refractivity contribution is -0.107. The van der Waals surface area contributed by atoms with Crippen molar-refractivity contribution in [3.05, 3.63) is 69.1 Å². The first-order chi connectivity index (χ1) is 10.1. The number of hydrogen-bond acceptors (Lipinski definition) is 2. The molecule has 0 saturated heterocycles. The molecule has 0 saturated carbocycles. The highest BCUT2D eigenvalue weighted by atomic mass is 127. The summed E-state index contributed by atoms with van der Waals surface area (Å²) < 4.78 is 20.0. The molecule has 0 bridgehead atoms. The van der Waals surface area contributed by atoms with E-state index in [1.54, 1.807) is 36.4 Å². The summed E-state index contributed by atoms with van der Waals surface area (Å²) in [5.41, 5.74) is 1.34. The van der Waals surface area contributed by atoms with Crippen molar-refractivity contribution in [2.24, 2.45) is 0 Å². The van der Waals surface area contributed by atoms with E-state index in [9.17, 15) is 9.18 Å². The van der Waals surface area contributed by atoms with E-state index in [1.807, 2.05) is 6.07 Å². The molecular weight excluding hydrogens is 406 g/mol. The van der Waals surface area contributed by atoms with Crippen LogP contribution in [0.5, 0.6) is 5.75 Å². The number of halogens is 3. The summed E-state index contributed by atoms with van der Waals surface area (Å²) in [4.78, 5) is 10.7. The first-order valence-electron chi connectivity index (χ1n) is 6.09. The van der Waals surface area contributed by atoms with Crippen LogP contribution in [0, 0.1) is 9.39 Å². The fourth-order valence-electron chi connectivity index (χ4n) is 1.67. The van der Waals surface area contributed by atoms with Crippen molar-refractivity contribution in [1.82, 2.24) is 0 Å². The Morgan fingerprint density at radius 2 is 2.05 bits per heavy atom. The fraction of sp³-hybridized carbons (Fsp3) is 0.0625. The quantitative estimate of drug-likeness (QED) is 0.398. The molecule has 2 nitrogen and oxygen atoms in total. The minimum absolute atomic E-state index is 0.165. The van der Waals surface area contributed by atoms with Crippen LogP contribution in [-0.4, -0.2) is 5.24 Å². The first-order valence-corrected chi connectivity index (χ1v) is 7.55. The van der Waals surface area contributed by atoms with E-state index in [-0.39, 0.29) is 12.4 Å².